The molecular formula is C12H22N4O. The first-order valence-electron chi connectivity index (χ1n) is 5.97. The number of carbonyl (C=O) groups excluding carboxylic acids is 1. The van der Waals surface area contributed by atoms with Crippen LogP contribution in [0.15, 0.2) is 6.07 Å². The zero-order valence-corrected chi connectivity index (χ0v) is 11.0. The van der Waals surface area contributed by atoms with Gasteiger partial charge in [-0.3, -0.25) is 9.89 Å². The van der Waals surface area contributed by atoms with Gasteiger partial charge in [-0.05, 0) is 6.42 Å². The maximum absolute atomic E-state index is 11.7. The van der Waals surface area contributed by atoms with Gasteiger partial charge in [-0.1, -0.05) is 34.1 Å². The van der Waals surface area contributed by atoms with Crippen molar-refractivity contribution in [1.82, 2.24) is 10.2 Å². The van der Waals surface area contributed by atoms with Gasteiger partial charge in [0.15, 0.2) is 5.82 Å². The highest BCUT2D eigenvalue weighted by atomic mass is 16.2. The van der Waals surface area contributed by atoms with Crippen LogP contribution in [0.25, 0.3) is 0 Å². The highest BCUT2D eigenvalue weighted by Gasteiger charge is 2.18. The SMILES string of the molecule is CCC[C@@H](N)C(=O)Nc1cc(C(C)(C)C)[nH]n1. The van der Waals surface area contributed by atoms with E-state index in [0.29, 0.717) is 12.2 Å². The van der Waals surface area contributed by atoms with E-state index in [0.717, 1.165) is 12.1 Å². The lowest BCUT2D eigenvalue weighted by molar-refractivity contribution is -0.117. The van der Waals surface area contributed by atoms with Crippen LogP contribution in [0.5, 0.6) is 0 Å². The topological polar surface area (TPSA) is 83.8 Å². The molecule has 1 heterocycles. The summed E-state index contributed by atoms with van der Waals surface area (Å²) in [5.74, 6) is 0.352. The lowest BCUT2D eigenvalue weighted by Gasteiger charge is -2.14. The molecule has 0 aromatic carbocycles. The van der Waals surface area contributed by atoms with Crippen LogP contribution in [0.1, 0.15) is 46.2 Å². The van der Waals surface area contributed by atoms with Crippen LogP contribution in [0, 0.1) is 0 Å². The average molecular weight is 238 g/mol. The van der Waals surface area contributed by atoms with Crippen molar-refractivity contribution in [2.45, 2.75) is 52.0 Å². The highest BCUT2D eigenvalue weighted by molar-refractivity contribution is 5.93. The van der Waals surface area contributed by atoms with E-state index in [2.05, 4.69) is 36.3 Å². The number of carbonyl (C=O) groups is 1. The normalized spacial score (nSPS) is 13.5. The molecule has 1 atom stereocenters. The van der Waals surface area contributed by atoms with Crippen molar-refractivity contribution < 1.29 is 4.79 Å². The van der Waals surface area contributed by atoms with Gasteiger partial charge in [0.25, 0.3) is 0 Å². The van der Waals surface area contributed by atoms with Crippen molar-refractivity contribution in [3.8, 4) is 0 Å². The molecule has 0 saturated heterocycles. The highest BCUT2D eigenvalue weighted by Crippen LogP contribution is 2.21. The number of aromatic amines is 1. The van der Waals surface area contributed by atoms with Gasteiger partial charge in [0.05, 0.1) is 6.04 Å². The number of aromatic nitrogens is 2. The molecule has 96 valence electrons. The van der Waals surface area contributed by atoms with Crippen LogP contribution in [0.3, 0.4) is 0 Å². The lowest BCUT2D eigenvalue weighted by atomic mass is 9.92. The number of anilines is 1. The van der Waals surface area contributed by atoms with Gasteiger partial charge in [0.1, 0.15) is 0 Å². The summed E-state index contributed by atoms with van der Waals surface area (Å²) in [6, 6.07) is 1.38. The molecule has 0 aliphatic rings. The Morgan fingerprint density at radius 1 is 1.59 bits per heavy atom. The summed E-state index contributed by atoms with van der Waals surface area (Å²) in [4.78, 5) is 11.7. The molecule has 1 aromatic heterocycles. The third-order valence-electron chi connectivity index (χ3n) is 2.57. The summed E-state index contributed by atoms with van der Waals surface area (Å²) in [6.45, 7) is 8.23. The second kappa shape index (κ2) is 5.31. The first-order valence-corrected chi connectivity index (χ1v) is 5.97. The number of nitrogens with zero attached hydrogens (tertiary/aromatic N) is 1. The predicted octanol–water partition coefficient (Wildman–Crippen LogP) is 1.77. The Morgan fingerprint density at radius 2 is 2.24 bits per heavy atom. The summed E-state index contributed by atoms with van der Waals surface area (Å²) in [7, 11) is 0. The van der Waals surface area contributed by atoms with Crippen LogP contribution >= 0.6 is 0 Å². The number of hydrogen-bond acceptors (Lipinski definition) is 3. The lowest BCUT2D eigenvalue weighted by Crippen LogP contribution is -2.35. The van der Waals surface area contributed by atoms with Crippen LogP contribution in [-0.2, 0) is 10.2 Å². The Labute approximate surface area is 102 Å². The van der Waals surface area contributed by atoms with Crippen LogP contribution in [-0.4, -0.2) is 22.1 Å². The minimum atomic E-state index is -0.463. The molecule has 17 heavy (non-hydrogen) atoms. The Bertz CT molecular complexity index is 378. The average Bonchev–Trinajstić information content (AvgIpc) is 2.66. The largest absolute Gasteiger partial charge is 0.320 e. The second-order valence-electron chi connectivity index (χ2n) is 5.30. The van der Waals surface area contributed by atoms with Crippen LogP contribution < -0.4 is 11.1 Å². The Hall–Kier alpha value is -1.36. The molecule has 0 aliphatic carbocycles. The molecule has 0 radical (unpaired) electrons. The van der Waals surface area contributed by atoms with E-state index < -0.39 is 6.04 Å². The van der Waals surface area contributed by atoms with Gasteiger partial charge in [0.2, 0.25) is 5.91 Å². The molecule has 0 aliphatic heterocycles. The minimum absolute atomic E-state index is 0.0124. The molecule has 1 rings (SSSR count). The molecule has 0 unspecified atom stereocenters. The number of amides is 1. The predicted molar refractivity (Wildman–Crippen MR) is 68.8 cm³/mol. The summed E-state index contributed by atoms with van der Waals surface area (Å²) in [6.07, 6.45) is 1.57. The number of nitrogens with two attached hydrogens (primary N) is 1. The number of H-pyrrole nitrogens is 1. The Balaban J connectivity index is 2.64. The van der Waals surface area contributed by atoms with Gasteiger partial charge in [-0.2, -0.15) is 5.10 Å². The van der Waals surface area contributed by atoms with E-state index >= 15 is 0 Å². The molecule has 0 fully saturated rings. The van der Waals surface area contributed by atoms with Crippen molar-refractivity contribution in [3.05, 3.63) is 11.8 Å². The number of hydrogen-bond donors (Lipinski definition) is 3. The fraction of sp³-hybridized carbons (Fsp3) is 0.667. The van der Waals surface area contributed by atoms with E-state index in [9.17, 15) is 4.79 Å². The van der Waals surface area contributed by atoms with Gasteiger partial charge >= 0.3 is 0 Å². The number of nitrogens with one attached hydrogen (secondary N) is 2. The minimum Gasteiger partial charge on any atom is -0.320 e. The molecular weight excluding hydrogens is 216 g/mol. The number of rotatable bonds is 4. The third-order valence-corrected chi connectivity index (χ3v) is 2.57. The standard InChI is InChI=1S/C12H22N4O/c1-5-6-8(13)11(17)14-10-7-9(15-16-10)12(2,3)4/h7-8H,5-6,13H2,1-4H3,(H2,14,15,16,17)/t8-/m1/s1. The van der Waals surface area contributed by atoms with Crippen molar-refractivity contribution >= 4 is 11.7 Å². The zero-order valence-electron chi connectivity index (χ0n) is 11.0. The van der Waals surface area contributed by atoms with Crippen molar-refractivity contribution in [2.24, 2.45) is 5.73 Å². The third kappa shape index (κ3) is 3.85. The Morgan fingerprint density at radius 3 is 2.71 bits per heavy atom. The van der Waals surface area contributed by atoms with Crippen molar-refractivity contribution in [3.63, 3.8) is 0 Å². The summed E-state index contributed by atoms with van der Waals surface area (Å²) >= 11 is 0. The molecule has 0 saturated carbocycles. The molecule has 4 N–H and O–H groups in total. The maximum Gasteiger partial charge on any atom is 0.242 e. The molecule has 1 amide bonds. The monoisotopic (exact) mass is 238 g/mol. The van der Waals surface area contributed by atoms with E-state index in [1.54, 1.807) is 0 Å². The van der Waals surface area contributed by atoms with Gasteiger partial charge in [-0.15, -0.1) is 0 Å². The van der Waals surface area contributed by atoms with Gasteiger partial charge < -0.3 is 11.1 Å². The maximum atomic E-state index is 11.7. The second-order valence-corrected chi connectivity index (χ2v) is 5.30. The van der Waals surface area contributed by atoms with Gasteiger partial charge in [-0.25, -0.2) is 0 Å². The van der Waals surface area contributed by atoms with Gasteiger partial charge in [0, 0.05) is 17.2 Å². The van der Waals surface area contributed by atoms with E-state index in [4.69, 9.17) is 5.73 Å². The summed E-state index contributed by atoms with van der Waals surface area (Å²) < 4.78 is 0. The summed E-state index contributed by atoms with van der Waals surface area (Å²) in [5, 5.41) is 9.68. The van der Waals surface area contributed by atoms with Crippen molar-refractivity contribution in [2.75, 3.05) is 5.32 Å². The van der Waals surface area contributed by atoms with Crippen LogP contribution in [0.4, 0.5) is 5.82 Å². The Kier molecular flexibility index (Phi) is 4.28. The molecule has 0 bridgehead atoms. The fourth-order valence-corrected chi connectivity index (χ4v) is 1.43. The van der Waals surface area contributed by atoms with E-state index in [1.165, 1.54) is 0 Å². The molecule has 5 nitrogen and oxygen atoms in total. The first-order chi connectivity index (χ1) is 7.84. The zero-order chi connectivity index (χ0) is 13.1. The van der Waals surface area contributed by atoms with Crippen LogP contribution in [0.2, 0.25) is 0 Å². The first kappa shape index (κ1) is 13.7. The van der Waals surface area contributed by atoms with Crippen molar-refractivity contribution in [1.29, 1.82) is 0 Å². The summed E-state index contributed by atoms with van der Waals surface area (Å²) in [5.41, 5.74) is 6.69. The molecule has 1 aromatic rings. The quantitative estimate of drug-likeness (QED) is 0.747. The molecule has 5 heteroatoms. The fourth-order valence-electron chi connectivity index (χ4n) is 1.43. The van der Waals surface area contributed by atoms with E-state index in [1.807, 2.05) is 13.0 Å². The smallest absolute Gasteiger partial charge is 0.242 e. The van der Waals surface area contributed by atoms with E-state index in [-0.39, 0.29) is 11.3 Å². The molecule has 0 spiro atoms.